The van der Waals surface area contributed by atoms with Crippen LogP contribution in [0, 0.1) is 6.92 Å². The molecule has 0 saturated carbocycles. The topological polar surface area (TPSA) is 60.9 Å². The van der Waals surface area contributed by atoms with Crippen molar-refractivity contribution in [3.63, 3.8) is 0 Å². The van der Waals surface area contributed by atoms with Crippen molar-refractivity contribution in [2.24, 2.45) is 0 Å². The average molecular weight is 447 g/mol. The van der Waals surface area contributed by atoms with E-state index in [1.807, 2.05) is 54.3 Å². The second-order valence-corrected chi connectivity index (χ2v) is 8.25. The minimum absolute atomic E-state index is 0.0361. The van der Waals surface area contributed by atoms with E-state index in [1.165, 1.54) is 0 Å². The Kier molecular flexibility index (Phi) is 6.82. The first-order valence-corrected chi connectivity index (χ1v) is 11.2. The van der Waals surface area contributed by atoms with Gasteiger partial charge in [-0.05, 0) is 73.4 Å². The fourth-order valence-corrected chi connectivity index (χ4v) is 4.47. The molecule has 0 spiro atoms. The van der Waals surface area contributed by atoms with Crippen LogP contribution in [0.5, 0.6) is 17.2 Å². The molecule has 4 rings (SSSR count). The van der Waals surface area contributed by atoms with Crippen LogP contribution in [-0.4, -0.2) is 43.7 Å². The van der Waals surface area contributed by atoms with Crippen LogP contribution in [0.3, 0.4) is 0 Å². The van der Waals surface area contributed by atoms with Gasteiger partial charge in [0.25, 0.3) is 0 Å². The maximum atomic E-state index is 13.4. The lowest BCUT2D eigenvalue weighted by atomic mass is 10.0. The molecule has 2 aromatic carbocycles. The number of likely N-dealkylation sites (tertiary alicyclic amines) is 1. The molecule has 0 bridgehead atoms. The molecular formula is C27H30N2O4. The Bertz CT molecular complexity index is 1130. The minimum Gasteiger partial charge on any atom is -0.497 e. The SMILES string of the molecule is COc1ccc(-c2cc(C)nc(C3CCCN3C(=O)Cc3cc(OC)ccc3OC)c2)cc1. The molecule has 1 aromatic heterocycles. The summed E-state index contributed by atoms with van der Waals surface area (Å²) in [6, 6.07) is 17.7. The fraction of sp³-hybridized carbons (Fsp3) is 0.333. The van der Waals surface area contributed by atoms with Crippen LogP contribution in [0.15, 0.2) is 54.6 Å². The van der Waals surface area contributed by atoms with E-state index in [2.05, 4.69) is 12.1 Å². The number of carbonyl (C=O) groups is 1. The van der Waals surface area contributed by atoms with E-state index in [9.17, 15) is 4.79 Å². The highest BCUT2D eigenvalue weighted by Gasteiger charge is 2.31. The average Bonchev–Trinajstić information content (AvgIpc) is 3.34. The van der Waals surface area contributed by atoms with Crippen LogP contribution < -0.4 is 14.2 Å². The number of benzene rings is 2. The first kappa shape index (κ1) is 22.6. The lowest BCUT2D eigenvalue weighted by Gasteiger charge is -2.25. The highest BCUT2D eigenvalue weighted by Crippen LogP contribution is 2.35. The number of rotatable bonds is 7. The second-order valence-electron chi connectivity index (χ2n) is 8.25. The number of aryl methyl sites for hydroxylation is 1. The van der Waals surface area contributed by atoms with Gasteiger partial charge in [0.1, 0.15) is 17.2 Å². The Morgan fingerprint density at radius 1 is 0.939 bits per heavy atom. The van der Waals surface area contributed by atoms with Gasteiger partial charge in [0.2, 0.25) is 5.91 Å². The zero-order valence-electron chi connectivity index (χ0n) is 19.6. The number of amides is 1. The van der Waals surface area contributed by atoms with Crippen molar-refractivity contribution < 1.29 is 19.0 Å². The number of nitrogens with zero attached hydrogens (tertiary/aromatic N) is 2. The zero-order valence-corrected chi connectivity index (χ0v) is 19.6. The maximum Gasteiger partial charge on any atom is 0.227 e. The largest absolute Gasteiger partial charge is 0.497 e. The van der Waals surface area contributed by atoms with E-state index in [-0.39, 0.29) is 18.4 Å². The molecule has 33 heavy (non-hydrogen) atoms. The quantitative estimate of drug-likeness (QED) is 0.512. The molecule has 6 heteroatoms. The summed E-state index contributed by atoms with van der Waals surface area (Å²) in [5.74, 6) is 2.29. The lowest BCUT2D eigenvalue weighted by Crippen LogP contribution is -2.32. The standard InChI is InChI=1S/C27H30N2O4/c1-18-14-20(19-7-9-22(31-2)10-8-19)16-24(28-18)25-6-5-13-29(25)27(30)17-21-15-23(32-3)11-12-26(21)33-4/h7-12,14-16,25H,5-6,13,17H2,1-4H3. The van der Waals surface area contributed by atoms with Crippen LogP contribution in [0.4, 0.5) is 0 Å². The van der Waals surface area contributed by atoms with Gasteiger partial charge in [0, 0.05) is 17.8 Å². The fourth-order valence-electron chi connectivity index (χ4n) is 4.47. The molecule has 1 amide bonds. The summed E-state index contributed by atoms with van der Waals surface area (Å²) in [5, 5.41) is 0. The highest BCUT2D eigenvalue weighted by atomic mass is 16.5. The maximum absolute atomic E-state index is 13.4. The van der Waals surface area contributed by atoms with Gasteiger partial charge in [0.05, 0.1) is 39.5 Å². The van der Waals surface area contributed by atoms with E-state index in [0.29, 0.717) is 11.5 Å². The van der Waals surface area contributed by atoms with Crippen molar-refractivity contribution in [3.8, 4) is 28.4 Å². The third-order valence-corrected chi connectivity index (χ3v) is 6.14. The van der Waals surface area contributed by atoms with Crippen LogP contribution in [0.25, 0.3) is 11.1 Å². The smallest absolute Gasteiger partial charge is 0.227 e. The van der Waals surface area contributed by atoms with Gasteiger partial charge < -0.3 is 19.1 Å². The molecule has 1 aliphatic rings. The molecule has 1 aliphatic heterocycles. The Hall–Kier alpha value is -3.54. The molecule has 1 unspecified atom stereocenters. The molecule has 6 nitrogen and oxygen atoms in total. The molecule has 172 valence electrons. The normalized spacial score (nSPS) is 15.4. The van der Waals surface area contributed by atoms with Gasteiger partial charge in [0.15, 0.2) is 0 Å². The van der Waals surface area contributed by atoms with Crippen molar-refractivity contribution >= 4 is 5.91 Å². The zero-order chi connectivity index (χ0) is 23.4. The Morgan fingerprint density at radius 3 is 2.36 bits per heavy atom. The third kappa shape index (κ3) is 4.95. The minimum atomic E-state index is -0.0361. The van der Waals surface area contributed by atoms with Crippen molar-refractivity contribution in [3.05, 3.63) is 71.5 Å². The Balaban J connectivity index is 1.59. The lowest BCUT2D eigenvalue weighted by molar-refractivity contribution is -0.131. The van der Waals surface area contributed by atoms with Crippen LogP contribution >= 0.6 is 0 Å². The van der Waals surface area contributed by atoms with Gasteiger partial charge in [-0.1, -0.05) is 12.1 Å². The molecule has 1 saturated heterocycles. The third-order valence-electron chi connectivity index (χ3n) is 6.14. The number of hydrogen-bond donors (Lipinski definition) is 0. The van der Waals surface area contributed by atoms with Crippen molar-refractivity contribution in [2.45, 2.75) is 32.2 Å². The molecule has 0 aliphatic carbocycles. The summed E-state index contributed by atoms with van der Waals surface area (Å²) >= 11 is 0. The molecular weight excluding hydrogens is 416 g/mol. The summed E-state index contributed by atoms with van der Waals surface area (Å²) in [4.78, 5) is 20.1. The van der Waals surface area contributed by atoms with Gasteiger partial charge >= 0.3 is 0 Å². The number of pyridine rings is 1. The second kappa shape index (κ2) is 9.94. The van der Waals surface area contributed by atoms with Gasteiger partial charge in [-0.15, -0.1) is 0 Å². The van der Waals surface area contributed by atoms with Gasteiger partial charge in [-0.2, -0.15) is 0 Å². The first-order valence-electron chi connectivity index (χ1n) is 11.2. The number of aromatic nitrogens is 1. The van der Waals surface area contributed by atoms with Crippen molar-refractivity contribution in [1.82, 2.24) is 9.88 Å². The Morgan fingerprint density at radius 2 is 1.67 bits per heavy atom. The molecule has 0 N–H and O–H groups in total. The van der Waals surface area contributed by atoms with E-state index >= 15 is 0 Å². The first-order chi connectivity index (χ1) is 16.0. The number of ether oxygens (including phenoxy) is 3. The summed E-state index contributed by atoms with van der Waals surface area (Å²) in [6.45, 7) is 2.72. The van der Waals surface area contributed by atoms with E-state index in [0.717, 1.165) is 53.2 Å². The van der Waals surface area contributed by atoms with E-state index < -0.39 is 0 Å². The van der Waals surface area contributed by atoms with Crippen LogP contribution in [0.2, 0.25) is 0 Å². The molecule has 3 aromatic rings. The molecule has 2 heterocycles. The summed E-state index contributed by atoms with van der Waals surface area (Å²) in [7, 11) is 4.90. The van der Waals surface area contributed by atoms with Crippen LogP contribution in [-0.2, 0) is 11.2 Å². The number of carbonyl (C=O) groups excluding carboxylic acids is 1. The van der Waals surface area contributed by atoms with Crippen molar-refractivity contribution in [1.29, 1.82) is 0 Å². The summed E-state index contributed by atoms with van der Waals surface area (Å²) in [5.41, 5.74) is 4.88. The van der Waals surface area contributed by atoms with E-state index in [4.69, 9.17) is 19.2 Å². The molecule has 1 atom stereocenters. The monoisotopic (exact) mass is 446 g/mol. The molecule has 1 fully saturated rings. The highest BCUT2D eigenvalue weighted by molar-refractivity contribution is 5.80. The number of methoxy groups -OCH3 is 3. The van der Waals surface area contributed by atoms with Gasteiger partial charge in [-0.25, -0.2) is 0 Å². The summed E-state index contributed by atoms with van der Waals surface area (Å²) in [6.07, 6.45) is 2.12. The van der Waals surface area contributed by atoms with Crippen molar-refractivity contribution in [2.75, 3.05) is 27.9 Å². The van der Waals surface area contributed by atoms with E-state index in [1.54, 1.807) is 21.3 Å². The predicted molar refractivity (Wildman–Crippen MR) is 128 cm³/mol. The summed E-state index contributed by atoms with van der Waals surface area (Å²) < 4.78 is 16.1. The molecule has 0 radical (unpaired) electrons. The van der Waals surface area contributed by atoms with Gasteiger partial charge in [-0.3, -0.25) is 9.78 Å². The predicted octanol–water partition coefficient (Wildman–Crippen LogP) is 4.99. The Labute approximate surface area is 195 Å². The number of hydrogen-bond acceptors (Lipinski definition) is 5. The van der Waals surface area contributed by atoms with Crippen LogP contribution in [0.1, 0.15) is 35.8 Å².